The third kappa shape index (κ3) is 5.85. The molecule has 19 heavy (non-hydrogen) atoms. The van der Waals surface area contributed by atoms with Crippen LogP contribution in [0.1, 0.15) is 20.3 Å². The predicted molar refractivity (Wildman–Crippen MR) is 78.7 cm³/mol. The maximum Gasteiger partial charge on any atom is 0.240 e. The Labute approximate surface area is 121 Å². The van der Waals surface area contributed by atoms with E-state index in [0.717, 1.165) is 12.2 Å². The summed E-state index contributed by atoms with van der Waals surface area (Å²) in [6.45, 7) is 4.21. The summed E-state index contributed by atoms with van der Waals surface area (Å²) in [5, 5.41) is 12.9. The molecule has 108 valence electrons. The number of aliphatic hydroxyl groups excluding tert-OH is 1. The van der Waals surface area contributed by atoms with E-state index in [-0.39, 0.29) is 25.1 Å². The van der Waals surface area contributed by atoms with Gasteiger partial charge in [-0.2, -0.15) is 9.36 Å². The van der Waals surface area contributed by atoms with E-state index in [4.69, 9.17) is 5.11 Å². The Morgan fingerprint density at radius 2 is 2.37 bits per heavy atom. The molecular formula is C11H20N4O2S2. The SMILES string of the molecule is CCCSc1nsc(NC(=O)CN(C)C(C)CO)n1. The van der Waals surface area contributed by atoms with Crippen molar-refractivity contribution in [2.45, 2.75) is 31.5 Å². The van der Waals surface area contributed by atoms with E-state index in [9.17, 15) is 4.79 Å². The number of thioether (sulfide) groups is 1. The molecule has 1 heterocycles. The summed E-state index contributed by atoms with van der Waals surface area (Å²) >= 11 is 2.77. The van der Waals surface area contributed by atoms with Gasteiger partial charge in [-0.05, 0) is 20.4 Å². The molecule has 0 aliphatic rings. The average molecular weight is 304 g/mol. The van der Waals surface area contributed by atoms with Gasteiger partial charge in [0.05, 0.1) is 13.2 Å². The summed E-state index contributed by atoms with van der Waals surface area (Å²) < 4.78 is 4.16. The lowest BCUT2D eigenvalue weighted by molar-refractivity contribution is -0.117. The highest BCUT2D eigenvalue weighted by Gasteiger charge is 2.14. The number of carbonyl (C=O) groups excluding carboxylic acids is 1. The van der Waals surface area contributed by atoms with Gasteiger partial charge >= 0.3 is 0 Å². The fourth-order valence-corrected chi connectivity index (χ4v) is 2.61. The normalized spacial score (nSPS) is 12.7. The van der Waals surface area contributed by atoms with Gasteiger partial charge in [-0.3, -0.25) is 15.0 Å². The Kier molecular flexibility index (Phi) is 7.29. The second-order valence-corrected chi connectivity index (χ2v) is 6.04. The van der Waals surface area contributed by atoms with Crippen LogP contribution in [0.15, 0.2) is 5.16 Å². The minimum atomic E-state index is -0.147. The number of likely N-dealkylation sites (N-methyl/N-ethyl adjacent to an activating group) is 1. The highest BCUT2D eigenvalue weighted by atomic mass is 32.2. The number of aliphatic hydroxyl groups is 1. The zero-order chi connectivity index (χ0) is 14.3. The lowest BCUT2D eigenvalue weighted by atomic mass is 10.3. The minimum absolute atomic E-state index is 0.0282. The summed E-state index contributed by atoms with van der Waals surface area (Å²) in [5.41, 5.74) is 0. The van der Waals surface area contributed by atoms with Crippen LogP contribution in [0.2, 0.25) is 0 Å². The molecule has 1 aromatic rings. The molecule has 0 bridgehead atoms. The first-order valence-electron chi connectivity index (χ1n) is 6.14. The van der Waals surface area contributed by atoms with Crippen LogP contribution in [-0.4, -0.2) is 57.3 Å². The van der Waals surface area contributed by atoms with E-state index in [2.05, 4.69) is 21.6 Å². The van der Waals surface area contributed by atoms with Crippen LogP contribution >= 0.6 is 23.3 Å². The van der Waals surface area contributed by atoms with Crippen LogP contribution in [-0.2, 0) is 4.79 Å². The summed E-state index contributed by atoms with van der Waals surface area (Å²) in [6, 6.07) is -0.0455. The van der Waals surface area contributed by atoms with Crippen molar-refractivity contribution in [2.24, 2.45) is 0 Å². The van der Waals surface area contributed by atoms with Crippen molar-refractivity contribution in [3.8, 4) is 0 Å². The van der Waals surface area contributed by atoms with E-state index < -0.39 is 0 Å². The van der Waals surface area contributed by atoms with Crippen molar-refractivity contribution in [3.63, 3.8) is 0 Å². The Morgan fingerprint density at radius 3 is 3.00 bits per heavy atom. The minimum Gasteiger partial charge on any atom is -0.395 e. The number of carbonyl (C=O) groups is 1. The Balaban J connectivity index is 2.41. The lowest BCUT2D eigenvalue weighted by Crippen LogP contribution is -2.38. The molecule has 0 fully saturated rings. The topological polar surface area (TPSA) is 78.4 Å². The van der Waals surface area contributed by atoms with Gasteiger partial charge in [0.15, 0.2) is 0 Å². The molecule has 0 spiro atoms. The van der Waals surface area contributed by atoms with Crippen molar-refractivity contribution >= 4 is 34.3 Å². The van der Waals surface area contributed by atoms with E-state index in [1.54, 1.807) is 23.7 Å². The smallest absolute Gasteiger partial charge is 0.240 e. The van der Waals surface area contributed by atoms with Gasteiger partial charge < -0.3 is 5.11 Å². The molecule has 0 radical (unpaired) electrons. The largest absolute Gasteiger partial charge is 0.395 e. The quantitative estimate of drug-likeness (QED) is 0.705. The molecule has 1 atom stereocenters. The zero-order valence-corrected chi connectivity index (χ0v) is 13.1. The van der Waals surface area contributed by atoms with Crippen molar-refractivity contribution in [1.82, 2.24) is 14.3 Å². The average Bonchev–Trinajstić information content (AvgIpc) is 2.82. The van der Waals surface area contributed by atoms with Crippen molar-refractivity contribution < 1.29 is 9.90 Å². The summed E-state index contributed by atoms with van der Waals surface area (Å²) in [7, 11) is 1.79. The maximum atomic E-state index is 11.8. The number of hydrogen-bond donors (Lipinski definition) is 2. The molecule has 2 N–H and O–H groups in total. The van der Waals surface area contributed by atoms with Gasteiger partial charge in [-0.15, -0.1) is 0 Å². The van der Waals surface area contributed by atoms with Crippen molar-refractivity contribution in [2.75, 3.05) is 31.3 Å². The van der Waals surface area contributed by atoms with Gasteiger partial charge in [-0.25, -0.2) is 0 Å². The third-order valence-electron chi connectivity index (χ3n) is 2.50. The second kappa shape index (κ2) is 8.47. The molecule has 6 nitrogen and oxygen atoms in total. The van der Waals surface area contributed by atoms with E-state index in [1.807, 2.05) is 6.92 Å². The third-order valence-corrected chi connectivity index (χ3v) is 4.30. The second-order valence-electron chi connectivity index (χ2n) is 4.23. The lowest BCUT2D eigenvalue weighted by Gasteiger charge is -2.21. The van der Waals surface area contributed by atoms with E-state index in [0.29, 0.717) is 10.3 Å². The fourth-order valence-electron chi connectivity index (χ4n) is 1.19. The first-order valence-corrected chi connectivity index (χ1v) is 7.90. The first-order chi connectivity index (χ1) is 9.06. The van der Waals surface area contributed by atoms with Crippen LogP contribution in [0.5, 0.6) is 0 Å². The van der Waals surface area contributed by atoms with Crippen LogP contribution < -0.4 is 5.32 Å². The Hall–Kier alpha value is -0.700. The van der Waals surface area contributed by atoms with Crippen molar-refractivity contribution in [1.29, 1.82) is 0 Å². The summed E-state index contributed by atoms with van der Waals surface area (Å²) in [4.78, 5) is 17.8. The Morgan fingerprint density at radius 1 is 1.63 bits per heavy atom. The van der Waals surface area contributed by atoms with E-state index in [1.165, 1.54) is 11.5 Å². The highest BCUT2D eigenvalue weighted by Crippen LogP contribution is 2.20. The van der Waals surface area contributed by atoms with Gasteiger partial charge in [0.25, 0.3) is 0 Å². The van der Waals surface area contributed by atoms with Crippen LogP contribution in [0, 0.1) is 0 Å². The van der Waals surface area contributed by atoms with Gasteiger partial charge in [-0.1, -0.05) is 18.7 Å². The summed E-state index contributed by atoms with van der Waals surface area (Å²) in [6.07, 6.45) is 1.06. The number of nitrogens with one attached hydrogen (secondary N) is 1. The summed E-state index contributed by atoms with van der Waals surface area (Å²) in [5.74, 6) is 0.826. The first kappa shape index (κ1) is 16.4. The molecule has 1 rings (SSSR count). The molecule has 0 aromatic carbocycles. The van der Waals surface area contributed by atoms with Gasteiger partial charge in [0.2, 0.25) is 16.2 Å². The number of amides is 1. The number of aromatic nitrogens is 2. The zero-order valence-electron chi connectivity index (χ0n) is 11.4. The highest BCUT2D eigenvalue weighted by molar-refractivity contribution is 7.99. The van der Waals surface area contributed by atoms with Crippen molar-refractivity contribution in [3.05, 3.63) is 0 Å². The monoisotopic (exact) mass is 304 g/mol. The Bertz CT molecular complexity index is 400. The molecule has 0 saturated heterocycles. The fraction of sp³-hybridized carbons (Fsp3) is 0.727. The molecule has 8 heteroatoms. The number of nitrogens with zero attached hydrogens (tertiary/aromatic N) is 3. The number of rotatable bonds is 8. The van der Waals surface area contributed by atoms with Gasteiger partial charge in [0.1, 0.15) is 0 Å². The molecule has 1 aromatic heterocycles. The standard InChI is InChI=1S/C11H20N4O2S2/c1-4-5-18-11-13-10(19-14-11)12-9(17)6-15(3)8(2)7-16/h8,16H,4-7H2,1-3H3,(H,12,13,14,17). The van der Waals surface area contributed by atoms with Crippen LogP contribution in [0.4, 0.5) is 5.13 Å². The molecule has 0 aliphatic heterocycles. The van der Waals surface area contributed by atoms with E-state index >= 15 is 0 Å². The molecule has 0 aliphatic carbocycles. The number of anilines is 1. The predicted octanol–water partition coefficient (Wildman–Crippen LogP) is 1.29. The molecular weight excluding hydrogens is 284 g/mol. The van der Waals surface area contributed by atoms with Gasteiger partial charge in [0, 0.05) is 23.3 Å². The molecule has 1 amide bonds. The molecule has 0 saturated carbocycles. The van der Waals surface area contributed by atoms with Crippen LogP contribution in [0.25, 0.3) is 0 Å². The number of hydrogen-bond acceptors (Lipinski definition) is 7. The molecule has 1 unspecified atom stereocenters. The van der Waals surface area contributed by atoms with Crippen LogP contribution in [0.3, 0.4) is 0 Å². The maximum absolute atomic E-state index is 11.8.